The highest BCUT2D eigenvalue weighted by Crippen LogP contribution is 2.42. The highest BCUT2D eigenvalue weighted by atomic mass is 16.5. The molecule has 2 aliphatic rings. The fraction of sp³-hybridized carbons (Fsp3) is 0.857. The smallest absolute Gasteiger partial charge is 0.230 e. The average Bonchev–Trinajstić information content (AvgIpc) is 2.86. The fourth-order valence-corrected chi connectivity index (χ4v) is 3.12. The molecule has 0 saturated heterocycles. The maximum atomic E-state index is 9.35. The SMILES string of the molecule is COC1(c2noc(C3CC(O)C3)n2)CCC(C)CC1. The van der Waals surface area contributed by atoms with Crippen LogP contribution in [0.25, 0.3) is 0 Å². The van der Waals surface area contributed by atoms with E-state index < -0.39 is 0 Å². The first-order valence-electron chi connectivity index (χ1n) is 7.20. The van der Waals surface area contributed by atoms with Gasteiger partial charge >= 0.3 is 0 Å². The van der Waals surface area contributed by atoms with E-state index in [4.69, 9.17) is 9.26 Å². The molecule has 0 unspecified atom stereocenters. The third-order valence-corrected chi connectivity index (χ3v) is 4.78. The van der Waals surface area contributed by atoms with Gasteiger partial charge in [0.05, 0.1) is 6.10 Å². The Hall–Kier alpha value is -0.940. The van der Waals surface area contributed by atoms with Crippen LogP contribution in [0.3, 0.4) is 0 Å². The zero-order chi connectivity index (χ0) is 13.5. The van der Waals surface area contributed by atoms with Crippen LogP contribution in [0.1, 0.15) is 63.1 Å². The second-order valence-corrected chi connectivity index (χ2v) is 6.16. The average molecular weight is 266 g/mol. The van der Waals surface area contributed by atoms with E-state index in [1.807, 2.05) is 0 Å². The summed E-state index contributed by atoms with van der Waals surface area (Å²) in [5.74, 6) is 2.33. The molecule has 2 fully saturated rings. The second-order valence-electron chi connectivity index (χ2n) is 6.16. The molecule has 0 spiro atoms. The van der Waals surface area contributed by atoms with Crippen molar-refractivity contribution in [3.05, 3.63) is 11.7 Å². The molecule has 0 atom stereocenters. The first-order chi connectivity index (χ1) is 9.13. The van der Waals surface area contributed by atoms with Gasteiger partial charge in [-0.25, -0.2) is 0 Å². The lowest BCUT2D eigenvalue weighted by Crippen LogP contribution is -2.34. The van der Waals surface area contributed by atoms with E-state index in [2.05, 4.69) is 17.1 Å². The standard InChI is InChI=1S/C14H22N2O3/c1-9-3-5-14(18-2,6-4-9)13-15-12(19-16-13)10-7-11(17)8-10/h9-11,17H,3-8H2,1-2H3. The second kappa shape index (κ2) is 4.87. The normalized spacial score (nSPS) is 39.0. The number of aliphatic hydroxyl groups excluding tert-OH is 1. The third-order valence-electron chi connectivity index (χ3n) is 4.78. The summed E-state index contributed by atoms with van der Waals surface area (Å²) in [6.45, 7) is 2.27. The molecule has 0 amide bonds. The maximum absolute atomic E-state index is 9.35. The Morgan fingerprint density at radius 3 is 2.58 bits per heavy atom. The van der Waals surface area contributed by atoms with Gasteiger partial charge in [-0.3, -0.25) is 0 Å². The maximum Gasteiger partial charge on any atom is 0.230 e. The summed E-state index contributed by atoms with van der Waals surface area (Å²) in [4.78, 5) is 4.54. The number of rotatable bonds is 3. The topological polar surface area (TPSA) is 68.4 Å². The largest absolute Gasteiger partial charge is 0.393 e. The summed E-state index contributed by atoms with van der Waals surface area (Å²) < 4.78 is 11.1. The summed E-state index contributed by atoms with van der Waals surface area (Å²) in [7, 11) is 1.74. The highest BCUT2D eigenvalue weighted by Gasteiger charge is 2.41. The number of hydrogen-bond acceptors (Lipinski definition) is 5. The summed E-state index contributed by atoms with van der Waals surface area (Å²) in [6, 6.07) is 0. The van der Waals surface area contributed by atoms with E-state index >= 15 is 0 Å². The Balaban J connectivity index is 1.76. The zero-order valence-corrected chi connectivity index (χ0v) is 11.6. The van der Waals surface area contributed by atoms with Crippen LogP contribution in [0.5, 0.6) is 0 Å². The van der Waals surface area contributed by atoms with E-state index in [-0.39, 0.29) is 17.6 Å². The molecular formula is C14H22N2O3. The number of aliphatic hydroxyl groups is 1. The molecule has 1 aromatic heterocycles. The van der Waals surface area contributed by atoms with Gasteiger partial charge in [-0.05, 0) is 44.4 Å². The number of ether oxygens (including phenoxy) is 1. The van der Waals surface area contributed by atoms with Crippen molar-refractivity contribution >= 4 is 0 Å². The Labute approximate surface area is 113 Å². The minimum Gasteiger partial charge on any atom is -0.393 e. The molecule has 1 N–H and O–H groups in total. The molecule has 106 valence electrons. The van der Waals surface area contributed by atoms with Crippen molar-refractivity contribution in [2.45, 2.75) is 63.1 Å². The zero-order valence-electron chi connectivity index (χ0n) is 11.6. The van der Waals surface area contributed by atoms with Gasteiger partial charge in [-0.15, -0.1) is 0 Å². The lowest BCUT2D eigenvalue weighted by Gasteiger charge is -2.35. The third kappa shape index (κ3) is 2.30. The molecule has 1 heterocycles. The molecule has 19 heavy (non-hydrogen) atoms. The Morgan fingerprint density at radius 2 is 2.00 bits per heavy atom. The molecule has 2 aliphatic carbocycles. The minimum absolute atomic E-state index is 0.202. The van der Waals surface area contributed by atoms with Crippen LogP contribution in [-0.2, 0) is 10.3 Å². The van der Waals surface area contributed by atoms with Crippen LogP contribution in [-0.4, -0.2) is 28.5 Å². The fourth-order valence-electron chi connectivity index (χ4n) is 3.12. The summed E-state index contributed by atoms with van der Waals surface area (Å²) in [6.07, 6.45) is 5.46. The molecule has 2 saturated carbocycles. The van der Waals surface area contributed by atoms with Gasteiger partial charge in [-0.1, -0.05) is 12.1 Å². The number of nitrogens with zero attached hydrogens (tertiary/aromatic N) is 2. The van der Waals surface area contributed by atoms with Gasteiger partial charge in [0, 0.05) is 13.0 Å². The Morgan fingerprint density at radius 1 is 1.32 bits per heavy atom. The van der Waals surface area contributed by atoms with Crippen molar-refractivity contribution < 1.29 is 14.4 Å². The van der Waals surface area contributed by atoms with Gasteiger partial charge in [0.2, 0.25) is 11.7 Å². The van der Waals surface area contributed by atoms with Crippen molar-refractivity contribution in [3.8, 4) is 0 Å². The van der Waals surface area contributed by atoms with Crippen molar-refractivity contribution in [1.82, 2.24) is 10.1 Å². The van der Waals surface area contributed by atoms with Crippen LogP contribution < -0.4 is 0 Å². The predicted molar refractivity (Wildman–Crippen MR) is 68.6 cm³/mol. The number of methoxy groups -OCH3 is 1. The van der Waals surface area contributed by atoms with E-state index in [1.165, 1.54) is 0 Å². The van der Waals surface area contributed by atoms with E-state index in [0.29, 0.717) is 11.7 Å². The van der Waals surface area contributed by atoms with Crippen LogP contribution in [0, 0.1) is 5.92 Å². The number of aromatic nitrogens is 2. The Bertz CT molecular complexity index is 432. The molecular weight excluding hydrogens is 244 g/mol. The molecule has 0 aromatic carbocycles. The molecule has 0 bridgehead atoms. The van der Waals surface area contributed by atoms with Crippen LogP contribution in [0.2, 0.25) is 0 Å². The van der Waals surface area contributed by atoms with E-state index in [9.17, 15) is 5.11 Å². The lowest BCUT2D eigenvalue weighted by atomic mass is 9.79. The molecule has 3 rings (SSSR count). The summed E-state index contributed by atoms with van der Waals surface area (Å²) >= 11 is 0. The van der Waals surface area contributed by atoms with Gasteiger partial charge < -0.3 is 14.4 Å². The van der Waals surface area contributed by atoms with Gasteiger partial charge in [0.15, 0.2) is 0 Å². The van der Waals surface area contributed by atoms with Gasteiger partial charge in [0.1, 0.15) is 5.60 Å². The van der Waals surface area contributed by atoms with Crippen LogP contribution in [0.4, 0.5) is 0 Å². The van der Waals surface area contributed by atoms with Crippen molar-refractivity contribution in [3.63, 3.8) is 0 Å². The first kappa shape index (κ1) is 13.1. The quantitative estimate of drug-likeness (QED) is 0.909. The highest BCUT2D eigenvalue weighted by molar-refractivity contribution is 5.08. The minimum atomic E-state index is -0.364. The molecule has 5 heteroatoms. The van der Waals surface area contributed by atoms with E-state index in [0.717, 1.165) is 44.4 Å². The molecule has 0 aliphatic heterocycles. The predicted octanol–water partition coefficient (Wildman–Crippen LogP) is 2.36. The summed E-state index contributed by atoms with van der Waals surface area (Å²) in [5.41, 5.74) is -0.364. The molecule has 5 nitrogen and oxygen atoms in total. The van der Waals surface area contributed by atoms with Gasteiger partial charge in [0.25, 0.3) is 0 Å². The van der Waals surface area contributed by atoms with Gasteiger partial charge in [-0.2, -0.15) is 4.98 Å². The molecule has 1 aromatic rings. The summed E-state index contributed by atoms with van der Waals surface area (Å²) in [5, 5.41) is 13.5. The van der Waals surface area contributed by atoms with Crippen LogP contribution >= 0.6 is 0 Å². The lowest BCUT2D eigenvalue weighted by molar-refractivity contribution is -0.0609. The monoisotopic (exact) mass is 266 g/mol. The Kier molecular flexibility index (Phi) is 3.35. The van der Waals surface area contributed by atoms with Crippen LogP contribution in [0.15, 0.2) is 4.52 Å². The van der Waals surface area contributed by atoms with Crippen molar-refractivity contribution in [1.29, 1.82) is 0 Å². The van der Waals surface area contributed by atoms with Crippen molar-refractivity contribution in [2.24, 2.45) is 5.92 Å². The molecule has 0 radical (unpaired) electrons. The van der Waals surface area contributed by atoms with E-state index in [1.54, 1.807) is 7.11 Å². The number of hydrogen-bond donors (Lipinski definition) is 1. The van der Waals surface area contributed by atoms with Crippen molar-refractivity contribution in [2.75, 3.05) is 7.11 Å². The first-order valence-corrected chi connectivity index (χ1v) is 7.20.